The summed E-state index contributed by atoms with van der Waals surface area (Å²) in [6.07, 6.45) is -5.27. The van der Waals surface area contributed by atoms with Crippen LogP contribution in [0.3, 0.4) is 0 Å². The molecule has 0 atom stereocenters. The Morgan fingerprint density at radius 2 is 2.06 bits per heavy atom. The summed E-state index contributed by atoms with van der Waals surface area (Å²) in [5, 5.41) is 2.21. The minimum Gasteiger partial charge on any atom is -0.351 e. The normalized spacial score (nSPS) is 11.6. The fourth-order valence-corrected chi connectivity index (χ4v) is 2.82. The molecular formula is C8H6Br2F3NOS. The molecule has 90 valence electrons. The van der Waals surface area contributed by atoms with Crippen molar-refractivity contribution in [3.05, 3.63) is 19.2 Å². The summed E-state index contributed by atoms with van der Waals surface area (Å²) < 4.78 is 36.9. The van der Waals surface area contributed by atoms with Crippen LogP contribution >= 0.6 is 43.2 Å². The molecule has 1 N–H and O–H groups in total. The molecule has 1 amide bonds. The monoisotopic (exact) mass is 379 g/mol. The first-order valence-electron chi connectivity index (χ1n) is 4.09. The second-order valence-electron chi connectivity index (χ2n) is 2.85. The van der Waals surface area contributed by atoms with Crippen molar-refractivity contribution in [2.24, 2.45) is 0 Å². The van der Waals surface area contributed by atoms with Crippen LogP contribution in [0.25, 0.3) is 0 Å². The van der Waals surface area contributed by atoms with E-state index in [2.05, 4.69) is 37.2 Å². The Hall–Kier alpha value is -0.0800. The van der Waals surface area contributed by atoms with E-state index in [1.807, 2.05) is 0 Å². The Morgan fingerprint density at radius 3 is 2.50 bits per heavy atom. The van der Waals surface area contributed by atoms with E-state index in [4.69, 9.17) is 0 Å². The number of carbonyl (C=O) groups is 1. The molecule has 0 unspecified atom stereocenters. The summed E-state index contributed by atoms with van der Waals surface area (Å²) in [7, 11) is 0. The first-order chi connectivity index (χ1) is 7.29. The lowest BCUT2D eigenvalue weighted by atomic mass is 10.4. The number of hydrogen-bond acceptors (Lipinski definition) is 2. The topological polar surface area (TPSA) is 29.1 Å². The molecule has 0 aromatic carbocycles. The Balaban J connectivity index is 2.47. The third-order valence-corrected chi connectivity index (χ3v) is 4.82. The van der Waals surface area contributed by atoms with E-state index < -0.39 is 25.0 Å². The Labute approximate surface area is 110 Å². The number of amides is 1. The van der Waals surface area contributed by atoms with Crippen LogP contribution in [0.1, 0.15) is 16.1 Å². The van der Waals surface area contributed by atoms with Crippen LogP contribution in [0.2, 0.25) is 0 Å². The van der Waals surface area contributed by atoms with Gasteiger partial charge in [0.1, 0.15) is 0 Å². The highest BCUT2D eigenvalue weighted by Gasteiger charge is 2.26. The van der Waals surface area contributed by atoms with Gasteiger partial charge in [-0.05, 0) is 37.9 Å². The molecule has 0 bridgehead atoms. The van der Waals surface area contributed by atoms with E-state index in [0.29, 0.717) is 9.35 Å². The Morgan fingerprint density at radius 1 is 1.44 bits per heavy atom. The largest absolute Gasteiger partial charge is 0.390 e. The number of carbonyl (C=O) groups excluding carboxylic acids is 1. The molecule has 0 saturated heterocycles. The minimum absolute atomic E-state index is 0.362. The molecule has 8 heteroatoms. The van der Waals surface area contributed by atoms with Gasteiger partial charge in [-0.15, -0.1) is 11.3 Å². The van der Waals surface area contributed by atoms with Crippen LogP contribution in [0.4, 0.5) is 13.2 Å². The highest BCUT2D eigenvalue weighted by molar-refractivity contribution is 9.13. The van der Waals surface area contributed by atoms with Crippen molar-refractivity contribution in [2.75, 3.05) is 6.54 Å². The van der Waals surface area contributed by atoms with Gasteiger partial charge in [0.25, 0.3) is 5.91 Å². The van der Waals surface area contributed by atoms with Crippen molar-refractivity contribution < 1.29 is 18.0 Å². The number of rotatable bonds is 3. The third kappa shape index (κ3) is 4.42. The number of halogens is 5. The maximum atomic E-state index is 11.8. The van der Waals surface area contributed by atoms with Crippen LogP contribution in [0.15, 0.2) is 14.3 Å². The highest BCUT2D eigenvalue weighted by atomic mass is 79.9. The first-order valence-corrected chi connectivity index (χ1v) is 6.49. The lowest BCUT2D eigenvalue weighted by Crippen LogP contribution is -2.27. The van der Waals surface area contributed by atoms with Crippen molar-refractivity contribution in [2.45, 2.75) is 12.6 Å². The number of hydrogen-bond donors (Lipinski definition) is 1. The van der Waals surface area contributed by atoms with E-state index in [1.165, 1.54) is 0 Å². The average molecular weight is 381 g/mol. The average Bonchev–Trinajstić information content (AvgIpc) is 2.45. The molecule has 1 aromatic rings. The lowest BCUT2D eigenvalue weighted by molar-refractivity contribution is -0.132. The second kappa shape index (κ2) is 5.50. The maximum absolute atomic E-state index is 11.8. The van der Waals surface area contributed by atoms with Crippen molar-refractivity contribution >= 4 is 49.1 Å². The van der Waals surface area contributed by atoms with Gasteiger partial charge in [0.2, 0.25) is 0 Å². The number of thiophene rings is 1. The zero-order valence-electron chi connectivity index (χ0n) is 7.70. The molecule has 1 heterocycles. The van der Waals surface area contributed by atoms with Crippen LogP contribution in [-0.2, 0) is 0 Å². The third-order valence-electron chi connectivity index (χ3n) is 1.56. The van der Waals surface area contributed by atoms with E-state index >= 15 is 0 Å². The summed E-state index contributed by atoms with van der Waals surface area (Å²) in [5.41, 5.74) is 0. The number of nitrogens with one attached hydrogen (secondary N) is 1. The van der Waals surface area contributed by atoms with Gasteiger partial charge in [-0.2, -0.15) is 13.2 Å². The van der Waals surface area contributed by atoms with Gasteiger partial charge < -0.3 is 5.32 Å². The summed E-state index contributed by atoms with van der Waals surface area (Å²) in [6.45, 7) is -0.407. The van der Waals surface area contributed by atoms with Crippen molar-refractivity contribution in [1.82, 2.24) is 5.32 Å². The molecule has 0 aliphatic rings. The molecule has 1 aromatic heterocycles. The SMILES string of the molecule is O=C(NCCC(F)(F)F)c1cc(Br)c(Br)s1. The molecule has 0 radical (unpaired) electrons. The molecule has 0 aliphatic carbocycles. The molecule has 2 nitrogen and oxygen atoms in total. The lowest BCUT2D eigenvalue weighted by Gasteiger charge is -2.06. The van der Waals surface area contributed by atoms with Gasteiger partial charge in [0.15, 0.2) is 0 Å². The molecule has 0 spiro atoms. The smallest absolute Gasteiger partial charge is 0.351 e. The van der Waals surface area contributed by atoms with Crippen LogP contribution in [0, 0.1) is 0 Å². The standard InChI is InChI=1S/C8H6Br2F3NOS/c9-4-3-5(16-6(4)10)7(15)14-2-1-8(11,12)13/h3H,1-2H2,(H,14,15). The summed E-state index contributed by atoms with van der Waals surface area (Å²) in [6, 6.07) is 1.55. The highest BCUT2D eigenvalue weighted by Crippen LogP contribution is 2.32. The molecular weight excluding hydrogens is 375 g/mol. The zero-order chi connectivity index (χ0) is 12.3. The summed E-state index contributed by atoms with van der Waals surface area (Å²) in [4.78, 5) is 11.7. The first kappa shape index (κ1) is 14.0. The quantitative estimate of drug-likeness (QED) is 0.844. The van der Waals surface area contributed by atoms with E-state index in [0.717, 1.165) is 15.1 Å². The van der Waals surface area contributed by atoms with E-state index in [-0.39, 0.29) is 0 Å². The Kier molecular flexibility index (Phi) is 4.81. The summed E-state index contributed by atoms with van der Waals surface area (Å²) in [5.74, 6) is -0.499. The fourth-order valence-electron chi connectivity index (χ4n) is 0.863. The van der Waals surface area contributed by atoms with Gasteiger partial charge >= 0.3 is 6.18 Å². The van der Waals surface area contributed by atoms with Crippen molar-refractivity contribution in [1.29, 1.82) is 0 Å². The van der Waals surface area contributed by atoms with E-state index in [1.54, 1.807) is 6.07 Å². The Bertz CT molecular complexity index is 372. The number of alkyl halides is 3. The summed E-state index contributed by atoms with van der Waals surface area (Å²) >= 11 is 7.54. The van der Waals surface area contributed by atoms with Crippen LogP contribution < -0.4 is 5.32 Å². The van der Waals surface area contributed by atoms with Gasteiger partial charge in [-0.3, -0.25) is 4.79 Å². The fraction of sp³-hybridized carbons (Fsp3) is 0.375. The molecule has 0 saturated carbocycles. The molecule has 0 aliphatic heterocycles. The van der Waals surface area contributed by atoms with Crippen molar-refractivity contribution in [3.63, 3.8) is 0 Å². The second-order valence-corrected chi connectivity index (χ2v) is 6.08. The maximum Gasteiger partial charge on any atom is 0.390 e. The van der Waals surface area contributed by atoms with Crippen LogP contribution in [-0.4, -0.2) is 18.6 Å². The predicted octanol–water partition coefficient (Wildman–Crippen LogP) is 3.96. The zero-order valence-corrected chi connectivity index (χ0v) is 11.7. The van der Waals surface area contributed by atoms with Gasteiger partial charge in [0, 0.05) is 11.0 Å². The van der Waals surface area contributed by atoms with Gasteiger partial charge in [0.05, 0.1) is 15.1 Å². The minimum atomic E-state index is -4.25. The van der Waals surface area contributed by atoms with Crippen LogP contribution in [0.5, 0.6) is 0 Å². The van der Waals surface area contributed by atoms with Gasteiger partial charge in [-0.1, -0.05) is 0 Å². The molecule has 1 rings (SSSR count). The van der Waals surface area contributed by atoms with Gasteiger partial charge in [-0.25, -0.2) is 0 Å². The molecule has 16 heavy (non-hydrogen) atoms. The van der Waals surface area contributed by atoms with Crippen molar-refractivity contribution in [3.8, 4) is 0 Å². The molecule has 0 fully saturated rings. The predicted molar refractivity (Wildman–Crippen MR) is 62.7 cm³/mol. The van der Waals surface area contributed by atoms with E-state index in [9.17, 15) is 18.0 Å².